The maximum Gasteiger partial charge on any atom is 0.254 e. The average Bonchev–Trinajstić information content (AvgIpc) is 3.18. The molecule has 9 heteroatoms. The summed E-state index contributed by atoms with van der Waals surface area (Å²) in [6.07, 6.45) is 5.10. The molecule has 124 valence electrons. The molecule has 8 nitrogen and oxygen atoms in total. The Morgan fingerprint density at radius 2 is 2.26 bits per heavy atom. The number of nitrogens with zero attached hydrogens (tertiary/aromatic N) is 5. The number of amides is 1. The average molecular weight is 336 g/mol. The van der Waals surface area contributed by atoms with E-state index >= 15 is 0 Å². The van der Waals surface area contributed by atoms with Crippen molar-refractivity contribution in [2.75, 3.05) is 25.1 Å². The summed E-state index contributed by atoms with van der Waals surface area (Å²) in [6.45, 7) is 2.16. The molecule has 0 saturated carbocycles. The number of rotatable bonds is 5. The fourth-order valence-electron chi connectivity index (χ4n) is 2.58. The first-order valence-electron chi connectivity index (χ1n) is 7.51. The van der Waals surface area contributed by atoms with Crippen molar-refractivity contribution in [1.82, 2.24) is 24.5 Å². The van der Waals surface area contributed by atoms with Crippen molar-refractivity contribution in [3.8, 4) is 0 Å². The standard InChI is InChI=1S/C14H20N6O2S/c1-19-8-10(7-15-19)13(21)16-11-3-5-20(6-4-11)14-17-12(9-22-2)18-23-14/h7-8,11H,3-6,9H2,1-2H3,(H,16,21). The first-order valence-corrected chi connectivity index (χ1v) is 8.29. The minimum absolute atomic E-state index is 0.0603. The zero-order valence-electron chi connectivity index (χ0n) is 13.2. The third-order valence-electron chi connectivity index (χ3n) is 3.80. The lowest BCUT2D eigenvalue weighted by Crippen LogP contribution is -2.44. The van der Waals surface area contributed by atoms with Crippen LogP contribution in [0.5, 0.6) is 0 Å². The molecule has 0 atom stereocenters. The summed E-state index contributed by atoms with van der Waals surface area (Å²) in [5.74, 6) is 0.661. The number of hydrogen-bond acceptors (Lipinski definition) is 7. The Balaban J connectivity index is 1.50. The molecule has 0 aliphatic carbocycles. The van der Waals surface area contributed by atoms with E-state index in [4.69, 9.17) is 4.74 Å². The summed E-state index contributed by atoms with van der Waals surface area (Å²) in [5, 5.41) is 8.02. The maximum atomic E-state index is 12.1. The molecule has 1 saturated heterocycles. The third kappa shape index (κ3) is 3.85. The molecular formula is C14H20N6O2S. The first-order chi connectivity index (χ1) is 11.2. The van der Waals surface area contributed by atoms with Gasteiger partial charge >= 0.3 is 0 Å². The molecule has 0 spiro atoms. The second kappa shape index (κ2) is 7.05. The van der Waals surface area contributed by atoms with Crippen molar-refractivity contribution < 1.29 is 9.53 Å². The fourth-order valence-corrected chi connectivity index (χ4v) is 3.31. The molecule has 3 heterocycles. The lowest BCUT2D eigenvalue weighted by Gasteiger charge is -2.31. The Labute approximate surface area is 138 Å². The van der Waals surface area contributed by atoms with Gasteiger partial charge in [0, 0.05) is 51.0 Å². The number of anilines is 1. The number of nitrogens with one attached hydrogen (secondary N) is 1. The van der Waals surface area contributed by atoms with Gasteiger partial charge in [-0.2, -0.15) is 9.47 Å². The van der Waals surface area contributed by atoms with E-state index in [0.717, 1.165) is 36.9 Å². The smallest absolute Gasteiger partial charge is 0.254 e. The van der Waals surface area contributed by atoms with Crippen LogP contribution in [0.25, 0.3) is 0 Å². The second-order valence-electron chi connectivity index (χ2n) is 5.56. The van der Waals surface area contributed by atoms with Gasteiger partial charge in [0.1, 0.15) is 6.61 Å². The molecule has 0 unspecified atom stereocenters. The van der Waals surface area contributed by atoms with Crippen LogP contribution in [0.1, 0.15) is 29.0 Å². The molecule has 1 N–H and O–H groups in total. The summed E-state index contributed by atoms with van der Waals surface area (Å²) in [7, 11) is 3.44. The predicted molar refractivity (Wildman–Crippen MR) is 86.5 cm³/mol. The van der Waals surface area contributed by atoms with Crippen molar-refractivity contribution in [1.29, 1.82) is 0 Å². The van der Waals surface area contributed by atoms with Gasteiger partial charge in [-0.15, -0.1) is 0 Å². The summed E-state index contributed by atoms with van der Waals surface area (Å²) in [5.41, 5.74) is 0.600. The second-order valence-corrected chi connectivity index (χ2v) is 6.29. The lowest BCUT2D eigenvalue weighted by atomic mass is 10.1. The van der Waals surface area contributed by atoms with E-state index in [1.54, 1.807) is 31.2 Å². The Bertz CT molecular complexity index is 662. The molecule has 1 aliphatic rings. The third-order valence-corrected chi connectivity index (χ3v) is 4.61. The van der Waals surface area contributed by atoms with Crippen LogP contribution in [0.2, 0.25) is 0 Å². The first kappa shape index (κ1) is 15.9. The number of ether oxygens (including phenoxy) is 1. The molecule has 1 fully saturated rings. The van der Waals surface area contributed by atoms with Gasteiger partial charge in [-0.3, -0.25) is 9.48 Å². The molecule has 1 aliphatic heterocycles. The number of carbonyl (C=O) groups is 1. The van der Waals surface area contributed by atoms with E-state index in [1.165, 1.54) is 11.5 Å². The molecule has 1 amide bonds. The monoisotopic (exact) mass is 336 g/mol. The van der Waals surface area contributed by atoms with Crippen molar-refractivity contribution >= 4 is 22.6 Å². The van der Waals surface area contributed by atoms with Gasteiger partial charge in [0.05, 0.1) is 11.8 Å². The van der Waals surface area contributed by atoms with Crippen LogP contribution in [0, 0.1) is 0 Å². The van der Waals surface area contributed by atoms with E-state index in [0.29, 0.717) is 12.2 Å². The van der Waals surface area contributed by atoms with Crippen LogP contribution in [0.3, 0.4) is 0 Å². The SMILES string of the molecule is COCc1nsc(N2CCC(NC(=O)c3cnn(C)c3)CC2)n1. The number of hydrogen-bond donors (Lipinski definition) is 1. The molecule has 3 rings (SSSR count). The Kier molecular flexibility index (Phi) is 4.87. The van der Waals surface area contributed by atoms with Gasteiger partial charge in [-0.05, 0) is 12.8 Å². The highest BCUT2D eigenvalue weighted by molar-refractivity contribution is 7.09. The topological polar surface area (TPSA) is 85.2 Å². The molecule has 2 aromatic rings. The van der Waals surface area contributed by atoms with Crippen molar-refractivity contribution in [3.63, 3.8) is 0 Å². The van der Waals surface area contributed by atoms with E-state index in [2.05, 4.69) is 24.7 Å². The van der Waals surface area contributed by atoms with Crippen molar-refractivity contribution in [2.45, 2.75) is 25.5 Å². The van der Waals surface area contributed by atoms with Gasteiger partial charge in [0.2, 0.25) is 5.13 Å². The minimum Gasteiger partial charge on any atom is -0.377 e. The van der Waals surface area contributed by atoms with E-state index < -0.39 is 0 Å². The van der Waals surface area contributed by atoms with Gasteiger partial charge in [0.25, 0.3) is 5.91 Å². The van der Waals surface area contributed by atoms with Crippen LogP contribution in [0.15, 0.2) is 12.4 Å². The van der Waals surface area contributed by atoms with Crippen molar-refractivity contribution in [2.24, 2.45) is 7.05 Å². The quantitative estimate of drug-likeness (QED) is 0.870. The van der Waals surface area contributed by atoms with Crippen LogP contribution in [-0.2, 0) is 18.4 Å². The molecule has 0 aromatic carbocycles. The highest BCUT2D eigenvalue weighted by Gasteiger charge is 2.23. The van der Waals surface area contributed by atoms with Gasteiger partial charge < -0.3 is 15.0 Å². The van der Waals surface area contributed by atoms with Gasteiger partial charge in [-0.25, -0.2) is 4.98 Å². The Morgan fingerprint density at radius 3 is 2.91 bits per heavy atom. The van der Waals surface area contributed by atoms with E-state index in [9.17, 15) is 4.79 Å². The molecule has 23 heavy (non-hydrogen) atoms. The largest absolute Gasteiger partial charge is 0.377 e. The zero-order chi connectivity index (χ0) is 16.2. The summed E-state index contributed by atoms with van der Waals surface area (Å²) in [4.78, 5) is 18.8. The highest BCUT2D eigenvalue weighted by atomic mass is 32.1. The summed E-state index contributed by atoms with van der Waals surface area (Å²) in [6, 6.07) is 0.185. The Hall–Kier alpha value is -2.00. The molecular weight excluding hydrogens is 316 g/mol. The number of piperidine rings is 1. The predicted octanol–water partition coefficient (Wildman–Crippen LogP) is 0.817. The Morgan fingerprint density at radius 1 is 1.48 bits per heavy atom. The van der Waals surface area contributed by atoms with Crippen LogP contribution < -0.4 is 10.2 Å². The minimum atomic E-state index is -0.0603. The molecule has 2 aromatic heterocycles. The van der Waals surface area contributed by atoms with Gasteiger partial charge in [-0.1, -0.05) is 0 Å². The van der Waals surface area contributed by atoms with Crippen molar-refractivity contribution in [3.05, 3.63) is 23.8 Å². The summed E-state index contributed by atoms with van der Waals surface area (Å²) >= 11 is 1.40. The zero-order valence-corrected chi connectivity index (χ0v) is 14.0. The number of methoxy groups -OCH3 is 1. The normalized spacial score (nSPS) is 15.8. The maximum absolute atomic E-state index is 12.1. The lowest BCUT2D eigenvalue weighted by molar-refractivity contribution is 0.0931. The van der Waals surface area contributed by atoms with E-state index in [-0.39, 0.29) is 11.9 Å². The molecule has 0 bridgehead atoms. The number of aromatic nitrogens is 4. The van der Waals surface area contributed by atoms with E-state index in [1.807, 2.05) is 0 Å². The van der Waals surface area contributed by atoms with Crippen LogP contribution >= 0.6 is 11.5 Å². The number of carbonyl (C=O) groups excluding carboxylic acids is 1. The summed E-state index contributed by atoms with van der Waals surface area (Å²) < 4.78 is 10.9. The highest BCUT2D eigenvalue weighted by Crippen LogP contribution is 2.22. The van der Waals surface area contributed by atoms with Gasteiger partial charge in [0.15, 0.2) is 5.82 Å². The van der Waals surface area contributed by atoms with Crippen LogP contribution in [-0.4, -0.2) is 51.3 Å². The van der Waals surface area contributed by atoms with Crippen LogP contribution in [0.4, 0.5) is 5.13 Å². The molecule has 0 radical (unpaired) electrons. The number of aryl methyl sites for hydroxylation is 1. The fraction of sp³-hybridized carbons (Fsp3) is 0.571.